The van der Waals surface area contributed by atoms with Gasteiger partial charge in [0.25, 0.3) is 0 Å². The SMILES string of the molecule is CCOC(=O)N1CCC(NC(=O)Cc2csc(NC(=O)N3CCN(C(=O)OCC)CC3)n2)CC1. The van der Waals surface area contributed by atoms with Gasteiger partial charge in [0, 0.05) is 50.7 Å². The van der Waals surface area contributed by atoms with Gasteiger partial charge in [0.1, 0.15) is 0 Å². The van der Waals surface area contributed by atoms with E-state index in [0.717, 1.165) is 0 Å². The van der Waals surface area contributed by atoms with E-state index in [0.29, 0.717) is 76.1 Å². The molecule has 0 spiro atoms. The van der Waals surface area contributed by atoms with Crippen LogP contribution in [0.4, 0.5) is 19.5 Å². The quantitative estimate of drug-likeness (QED) is 0.613. The van der Waals surface area contributed by atoms with E-state index in [-0.39, 0.29) is 36.6 Å². The maximum Gasteiger partial charge on any atom is 0.409 e. The number of piperazine rings is 1. The number of nitrogens with one attached hydrogen (secondary N) is 2. The van der Waals surface area contributed by atoms with Crippen molar-refractivity contribution in [3.8, 4) is 0 Å². The summed E-state index contributed by atoms with van der Waals surface area (Å²) in [6.07, 6.45) is 0.779. The smallest absolute Gasteiger partial charge is 0.409 e. The summed E-state index contributed by atoms with van der Waals surface area (Å²) in [7, 11) is 0. The minimum absolute atomic E-state index is 0.00394. The highest BCUT2D eigenvalue weighted by Crippen LogP contribution is 2.18. The number of urea groups is 1. The minimum Gasteiger partial charge on any atom is -0.450 e. The fraction of sp³-hybridized carbons (Fsp3) is 0.667. The lowest BCUT2D eigenvalue weighted by Crippen LogP contribution is -2.51. The molecule has 2 fully saturated rings. The van der Waals surface area contributed by atoms with E-state index < -0.39 is 0 Å². The molecule has 13 heteroatoms. The number of hydrogen-bond acceptors (Lipinski definition) is 8. The molecule has 2 N–H and O–H groups in total. The van der Waals surface area contributed by atoms with Gasteiger partial charge in [-0.05, 0) is 26.7 Å². The number of hydrogen-bond donors (Lipinski definition) is 2. The van der Waals surface area contributed by atoms with Gasteiger partial charge in [-0.3, -0.25) is 10.1 Å². The topological polar surface area (TPSA) is 133 Å². The molecule has 2 aliphatic heterocycles. The Hall–Kier alpha value is -3.09. The van der Waals surface area contributed by atoms with Gasteiger partial charge in [-0.25, -0.2) is 19.4 Å². The zero-order chi connectivity index (χ0) is 24.5. The summed E-state index contributed by atoms with van der Waals surface area (Å²) in [5, 5.41) is 7.92. The van der Waals surface area contributed by atoms with E-state index in [1.807, 2.05) is 0 Å². The fourth-order valence-corrected chi connectivity index (χ4v) is 4.49. The van der Waals surface area contributed by atoms with Crippen molar-refractivity contribution in [3.05, 3.63) is 11.1 Å². The second-order valence-electron chi connectivity index (χ2n) is 7.95. The van der Waals surface area contributed by atoms with E-state index in [2.05, 4.69) is 15.6 Å². The summed E-state index contributed by atoms with van der Waals surface area (Å²) in [5.41, 5.74) is 0.578. The molecule has 0 bridgehead atoms. The molecule has 5 amide bonds. The van der Waals surface area contributed by atoms with Crippen molar-refractivity contribution in [1.29, 1.82) is 0 Å². The van der Waals surface area contributed by atoms with Crippen LogP contribution < -0.4 is 10.6 Å². The van der Waals surface area contributed by atoms with Crippen molar-refractivity contribution in [3.63, 3.8) is 0 Å². The van der Waals surface area contributed by atoms with Crippen molar-refractivity contribution in [2.45, 2.75) is 39.2 Å². The highest BCUT2D eigenvalue weighted by molar-refractivity contribution is 7.13. The molecule has 0 saturated carbocycles. The van der Waals surface area contributed by atoms with Crippen LogP contribution in [0.3, 0.4) is 0 Å². The van der Waals surface area contributed by atoms with Gasteiger partial charge in [-0.1, -0.05) is 0 Å². The molecule has 3 heterocycles. The highest BCUT2D eigenvalue weighted by atomic mass is 32.1. The standard InChI is InChI=1S/C21H32N6O6S/c1-3-32-20(30)26-7-5-15(6-8-26)22-17(28)13-16-14-34-18(23-16)24-19(29)25-9-11-27(12-10-25)21(31)33-4-2/h14-15H,3-13H2,1-2H3,(H,22,28)(H,23,24,29). The van der Waals surface area contributed by atoms with Crippen molar-refractivity contribution in [1.82, 2.24) is 25.0 Å². The third kappa shape index (κ3) is 7.20. The van der Waals surface area contributed by atoms with Crippen LogP contribution in [0.2, 0.25) is 0 Å². The molecule has 0 atom stereocenters. The summed E-state index contributed by atoms with van der Waals surface area (Å²) in [6, 6.07) is -0.286. The Kier molecular flexibility index (Phi) is 9.31. The number of rotatable bonds is 6. The first-order chi connectivity index (χ1) is 16.4. The Bertz CT molecular complexity index is 864. The first-order valence-electron chi connectivity index (χ1n) is 11.5. The van der Waals surface area contributed by atoms with Crippen LogP contribution in [-0.2, 0) is 20.7 Å². The molecule has 188 valence electrons. The number of carbonyl (C=O) groups is 4. The molecular weight excluding hydrogens is 464 g/mol. The van der Waals surface area contributed by atoms with E-state index >= 15 is 0 Å². The summed E-state index contributed by atoms with van der Waals surface area (Å²) in [5.74, 6) is -0.146. The normalized spacial score (nSPS) is 16.7. The van der Waals surface area contributed by atoms with Gasteiger partial charge < -0.3 is 29.5 Å². The Balaban J connectivity index is 1.38. The predicted octanol–water partition coefficient (Wildman–Crippen LogP) is 1.73. The summed E-state index contributed by atoms with van der Waals surface area (Å²) >= 11 is 1.26. The second-order valence-corrected chi connectivity index (χ2v) is 8.81. The number of amides is 5. The Morgan fingerprint density at radius 3 is 2.09 bits per heavy atom. The summed E-state index contributed by atoms with van der Waals surface area (Å²) in [6.45, 7) is 6.91. The summed E-state index contributed by atoms with van der Waals surface area (Å²) < 4.78 is 9.99. The van der Waals surface area contributed by atoms with Gasteiger partial charge in [-0.2, -0.15) is 0 Å². The molecule has 34 heavy (non-hydrogen) atoms. The average Bonchev–Trinajstić information content (AvgIpc) is 3.26. The first-order valence-corrected chi connectivity index (χ1v) is 12.4. The van der Waals surface area contributed by atoms with E-state index in [4.69, 9.17) is 9.47 Å². The molecule has 3 rings (SSSR count). The minimum atomic E-state index is -0.366. The lowest BCUT2D eigenvalue weighted by Gasteiger charge is -2.33. The van der Waals surface area contributed by atoms with Crippen molar-refractivity contribution in [2.75, 3.05) is 57.8 Å². The molecule has 1 aromatic rings. The number of likely N-dealkylation sites (tertiary alicyclic amines) is 1. The molecule has 0 aliphatic carbocycles. The number of nitrogens with zero attached hydrogens (tertiary/aromatic N) is 4. The molecule has 2 aliphatic rings. The molecule has 2 saturated heterocycles. The zero-order valence-electron chi connectivity index (χ0n) is 19.6. The zero-order valence-corrected chi connectivity index (χ0v) is 20.4. The number of aromatic nitrogens is 1. The average molecular weight is 497 g/mol. The maximum atomic E-state index is 12.5. The van der Waals surface area contributed by atoms with Crippen LogP contribution in [0.1, 0.15) is 32.4 Å². The van der Waals surface area contributed by atoms with Crippen molar-refractivity contribution in [2.24, 2.45) is 0 Å². The van der Waals surface area contributed by atoms with Crippen LogP contribution in [-0.4, -0.2) is 102 Å². The van der Waals surface area contributed by atoms with Gasteiger partial charge in [0.2, 0.25) is 5.91 Å². The molecule has 12 nitrogen and oxygen atoms in total. The van der Waals surface area contributed by atoms with Crippen molar-refractivity contribution >= 4 is 40.6 Å². The number of carbonyl (C=O) groups excluding carboxylic acids is 4. The third-order valence-corrected chi connectivity index (χ3v) is 6.39. The Morgan fingerprint density at radius 2 is 1.50 bits per heavy atom. The second kappa shape index (κ2) is 12.4. The van der Waals surface area contributed by atoms with Gasteiger partial charge in [0.15, 0.2) is 5.13 Å². The Morgan fingerprint density at radius 1 is 0.941 bits per heavy atom. The van der Waals surface area contributed by atoms with Gasteiger partial charge in [0.05, 0.1) is 25.3 Å². The van der Waals surface area contributed by atoms with Crippen molar-refractivity contribution < 1.29 is 28.7 Å². The highest BCUT2D eigenvalue weighted by Gasteiger charge is 2.26. The van der Waals surface area contributed by atoms with E-state index in [1.54, 1.807) is 33.9 Å². The van der Waals surface area contributed by atoms with E-state index in [1.165, 1.54) is 11.3 Å². The van der Waals surface area contributed by atoms with Crippen LogP contribution in [0, 0.1) is 0 Å². The van der Waals surface area contributed by atoms with Crippen LogP contribution in [0.15, 0.2) is 5.38 Å². The van der Waals surface area contributed by atoms with E-state index in [9.17, 15) is 19.2 Å². The molecular formula is C21H32N6O6S. The largest absolute Gasteiger partial charge is 0.450 e. The van der Waals surface area contributed by atoms with Crippen LogP contribution >= 0.6 is 11.3 Å². The lowest BCUT2D eigenvalue weighted by molar-refractivity contribution is -0.121. The fourth-order valence-electron chi connectivity index (χ4n) is 3.79. The van der Waals surface area contributed by atoms with Crippen LogP contribution in [0.25, 0.3) is 0 Å². The van der Waals surface area contributed by atoms with Gasteiger partial charge >= 0.3 is 18.2 Å². The number of piperidine rings is 1. The number of anilines is 1. The third-order valence-electron chi connectivity index (χ3n) is 5.59. The lowest BCUT2D eigenvalue weighted by atomic mass is 10.1. The molecule has 0 radical (unpaired) electrons. The summed E-state index contributed by atoms with van der Waals surface area (Å²) in [4.78, 5) is 57.7. The molecule has 0 aromatic carbocycles. The molecule has 1 aromatic heterocycles. The Labute approximate surface area is 202 Å². The van der Waals surface area contributed by atoms with Crippen LogP contribution in [0.5, 0.6) is 0 Å². The number of ether oxygens (including phenoxy) is 2. The maximum absolute atomic E-state index is 12.5. The monoisotopic (exact) mass is 496 g/mol. The predicted molar refractivity (Wildman–Crippen MR) is 125 cm³/mol. The molecule has 0 unspecified atom stereocenters. The first kappa shape index (κ1) is 25.5. The van der Waals surface area contributed by atoms with Gasteiger partial charge in [-0.15, -0.1) is 11.3 Å². The number of thiazole rings is 1.